The van der Waals surface area contributed by atoms with Gasteiger partial charge in [0.25, 0.3) is 0 Å². The number of carbonyl (C=O) groups is 1. The first-order chi connectivity index (χ1) is 11.7. The maximum atomic E-state index is 13.2. The summed E-state index contributed by atoms with van der Waals surface area (Å²) in [5, 5.41) is 0. The maximum absolute atomic E-state index is 13.2. The lowest BCUT2D eigenvalue weighted by Gasteiger charge is -2.80. The van der Waals surface area contributed by atoms with Crippen LogP contribution in [-0.2, 0) is 23.7 Å². The number of hydrogen-bond acceptors (Lipinski definition) is 5. The highest BCUT2D eigenvalue weighted by Gasteiger charge is 2.88. The van der Waals surface area contributed by atoms with Crippen molar-refractivity contribution in [3.63, 3.8) is 0 Å². The molecule has 1 aliphatic heterocycles. The van der Waals surface area contributed by atoms with E-state index >= 15 is 0 Å². The van der Waals surface area contributed by atoms with Gasteiger partial charge in [0, 0.05) is 25.4 Å². The molecule has 5 atom stereocenters. The van der Waals surface area contributed by atoms with Gasteiger partial charge in [0.1, 0.15) is 12.2 Å². The molecule has 1 heterocycles. The Morgan fingerprint density at radius 1 is 1.12 bits per heavy atom. The van der Waals surface area contributed by atoms with Gasteiger partial charge in [-0.25, -0.2) is 0 Å². The normalized spacial score (nSPS) is 48.4. The molecule has 1 saturated heterocycles. The predicted molar refractivity (Wildman–Crippen MR) is 85.0 cm³/mol. The Kier molecular flexibility index (Phi) is 3.37. The van der Waals surface area contributed by atoms with E-state index in [2.05, 4.69) is 0 Å². The Hall–Kier alpha value is -0.650. The summed E-state index contributed by atoms with van der Waals surface area (Å²) in [6.07, 6.45) is 10.7. The number of ether oxygens (including phenoxy) is 4. The standard InChI is InChI=1S/C19H28O5/c1-21-12-22-14-11-19-15(13-7-3-6-10-18(13,14)19)23-17(24-16(19)20)8-4-2-5-9-17/h13-15H,2-12H2,1H3/t13-,14?,15+,18-,19-/m1/s1. The average Bonchev–Trinajstić information content (AvgIpc) is 2.60. The van der Waals surface area contributed by atoms with Crippen LogP contribution in [0.5, 0.6) is 0 Å². The zero-order valence-corrected chi connectivity index (χ0v) is 14.6. The van der Waals surface area contributed by atoms with E-state index in [1.807, 2.05) is 0 Å². The van der Waals surface area contributed by atoms with Crippen LogP contribution < -0.4 is 0 Å². The Balaban J connectivity index is 1.45. The molecule has 24 heavy (non-hydrogen) atoms. The van der Waals surface area contributed by atoms with Crippen molar-refractivity contribution >= 4 is 5.97 Å². The van der Waals surface area contributed by atoms with Gasteiger partial charge < -0.3 is 18.9 Å². The lowest BCUT2D eigenvalue weighted by atomic mass is 9.27. The van der Waals surface area contributed by atoms with Crippen molar-refractivity contribution < 1.29 is 23.7 Å². The van der Waals surface area contributed by atoms with Crippen LogP contribution in [0.15, 0.2) is 0 Å². The van der Waals surface area contributed by atoms with Gasteiger partial charge in [-0.1, -0.05) is 19.3 Å². The van der Waals surface area contributed by atoms with Gasteiger partial charge in [0.05, 0.1) is 12.2 Å². The van der Waals surface area contributed by atoms with Crippen molar-refractivity contribution in [1.82, 2.24) is 0 Å². The third-order valence-electron chi connectivity index (χ3n) is 7.77. The quantitative estimate of drug-likeness (QED) is 0.585. The second-order valence-electron chi connectivity index (χ2n) is 8.53. The molecule has 134 valence electrons. The molecular formula is C19H28O5. The first-order valence-corrected chi connectivity index (χ1v) is 9.70. The first-order valence-electron chi connectivity index (χ1n) is 9.70. The number of methoxy groups -OCH3 is 1. The van der Waals surface area contributed by atoms with Gasteiger partial charge >= 0.3 is 5.97 Å². The van der Waals surface area contributed by atoms with Crippen molar-refractivity contribution in [2.45, 2.75) is 82.2 Å². The molecule has 0 N–H and O–H groups in total. The van der Waals surface area contributed by atoms with E-state index < -0.39 is 11.2 Å². The first kappa shape index (κ1) is 15.6. The SMILES string of the molecule is COCOC1C[C@]23C(=O)OC4(CCCCC4)O[C@H]2[C@H]2CCCC[C@]123. The highest BCUT2D eigenvalue weighted by Crippen LogP contribution is 2.80. The summed E-state index contributed by atoms with van der Waals surface area (Å²) < 4.78 is 23.7. The van der Waals surface area contributed by atoms with Crippen LogP contribution in [-0.4, -0.2) is 37.9 Å². The summed E-state index contributed by atoms with van der Waals surface area (Å²) in [5.74, 6) is -0.155. The molecule has 5 fully saturated rings. The molecule has 0 amide bonds. The molecule has 4 saturated carbocycles. The van der Waals surface area contributed by atoms with E-state index in [0.717, 1.165) is 44.9 Å². The van der Waals surface area contributed by atoms with Crippen molar-refractivity contribution in [2.24, 2.45) is 16.7 Å². The Bertz CT molecular complexity index is 542. The lowest BCUT2D eigenvalue weighted by Crippen LogP contribution is -2.87. The monoisotopic (exact) mass is 336 g/mol. The number of carbonyl (C=O) groups excluding carboxylic acids is 1. The Morgan fingerprint density at radius 2 is 1.92 bits per heavy atom. The van der Waals surface area contributed by atoms with Crippen LogP contribution >= 0.6 is 0 Å². The van der Waals surface area contributed by atoms with Gasteiger partial charge in [0.2, 0.25) is 5.79 Å². The van der Waals surface area contributed by atoms with Gasteiger partial charge in [-0.15, -0.1) is 0 Å². The highest BCUT2D eigenvalue weighted by atomic mass is 16.7. The largest absolute Gasteiger partial charge is 0.433 e. The van der Waals surface area contributed by atoms with Crippen LogP contribution in [0.4, 0.5) is 0 Å². The molecule has 3 spiro atoms. The summed E-state index contributed by atoms with van der Waals surface area (Å²) in [6.45, 7) is 0.305. The summed E-state index contributed by atoms with van der Waals surface area (Å²) in [7, 11) is 1.65. The average molecular weight is 336 g/mol. The second-order valence-corrected chi connectivity index (χ2v) is 8.53. The fourth-order valence-electron chi connectivity index (χ4n) is 6.80. The lowest BCUT2D eigenvalue weighted by molar-refractivity contribution is -0.446. The van der Waals surface area contributed by atoms with Crippen LogP contribution in [0.25, 0.3) is 0 Å². The number of fused-ring (bicyclic) bond motifs is 1. The minimum atomic E-state index is -0.618. The highest BCUT2D eigenvalue weighted by molar-refractivity contribution is 5.84. The fraction of sp³-hybridized carbons (Fsp3) is 0.947. The fourth-order valence-corrected chi connectivity index (χ4v) is 6.80. The molecule has 5 nitrogen and oxygen atoms in total. The van der Waals surface area contributed by atoms with Crippen molar-refractivity contribution in [1.29, 1.82) is 0 Å². The second kappa shape index (κ2) is 5.18. The van der Waals surface area contributed by atoms with Crippen LogP contribution in [0.2, 0.25) is 0 Å². The van der Waals surface area contributed by atoms with Gasteiger partial charge in [-0.2, -0.15) is 0 Å². The summed E-state index contributed by atoms with van der Waals surface area (Å²) >= 11 is 0. The van der Waals surface area contributed by atoms with E-state index in [9.17, 15) is 4.79 Å². The van der Waals surface area contributed by atoms with Gasteiger partial charge in [-0.3, -0.25) is 4.79 Å². The van der Waals surface area contributed by atoms with E-state index in [1.54, 1.807) is 7.11 Å². The Morgan fingerprint density at radius 3 is 2.71 bits per heavy atom. The number of esters is 1. The molecule has 0 bridgehead atoms. The number of hydrogen-bond donors (Lipinski definition) is 0. The van der Waals surface area contributed by atoms with Crippen LogP contribution in [0.3, 0.4) is 0 Å². The third kappa shape index (κ3) is 1.64. The molecule has 5 heteroatoms. The topological polar surface area (TPSA) is 54.0 Å². The summed E-state index contributed by atoms with van der Waals surface area (Å²) in [6, 6.07) is 0. The zero-order valence-electron chi connectivity index (χ0n) is 14.6. The van der Waals surface area contributed by atoms with E-state index in [1.165, 1.54) is 19.3 Å². The predicted octanol–water partition coefficient (Wildman–Crippen LogP) is 3.16. The van der Waals surface area contributed by atoms with Crippen molar-refractivity contribution in [2.75, 3.05) is 13.9 Å². The van der Waals surface area contributed by atoms with Crippen molar-refractivity contribution in [3.05, 3.63) is 0 Å². The van der Waals surface area contributed by atoms with E-state index in [0.29, 0.717) is 12.7 Å². The van der Waals surface area contributed by atoms with E-state index in [4.69, 9.17) is 18.9 Å². The van der Waals surface area contributed by atoms with E-state index in [-0.39, 0.29) is 23.6 Å². The molecule has 0 aromatic heterocycles. The summed E-state index contributed by atoms with van der Waals surface area (Å²) in [5.41, 5.74) is -0.485. The van der Waals surface area contributed by atoms with Gasteiger partial charge in [0.15, 0.2) is 0 Å². The van der Waals surface area contributed by atoms with Crippen LogP contribution in [0, 0.1) is 16.7 Å². The zero-order chi connectivity index (χ0) is 16.4. The van der Waals surface area contributed by atoms with Crippen molar-refractivity contribution in [3.8, 4) is 0 Å². The minimum absolute atomic E-state index is 0.0102. The Labute approximate surface area is 143 Å². The van der Waals surface area contributed by atoms with Crippen LogP contribution in [0.1, 0.15) is 64.2 Å². The molecule has 5 rings (SSSR count). The summed E-state index contributed by atoms with van der Waals surface area (Å²) in [4.78, 5) is 13.2. The number of rotatable bonds is 3. The maximum Gasteiger partial charge on any atom is 0.318 e. The molecule has 1 unspecified atom stereocenters. The third-order valence-corrected chi connectivity index (χ3v) is 7.77. The molecule has 0 aromatic carbocycles. The van der Waals surface area contributed by atoms with Gasteiger partial charge in [-0.05, 0) is 38.0 Å². The molecular weight excluding hydrogens is 308 g/mol. The molecule has 4 aliphatic carbocycles. The minimum Gasteiger partial charge on any atom is -0.433 e. The molecule has 5 aliphatic rings. The molecule has 0 aromatic rings. The molecule has 0 radical (unpaired) electrons. The smallest absolute Gasteiger partial charge is 0.318 e.